The monoisotopic (exact) mass is 476 g/mol. The third kappa shape index (κ3) is 5.27. The molecule has 186 valence electrons. The van der Waals surface area contributed by atoms with Gasteiger partial charge in [0.2, 0.25) is 5.76 Å². The van der Waals surface area contributed by atoms with Gasteiger partial charge in [-0.3, -0.25) is 9.59 Å². The summed E-state index contributed by atoms with van der Waals surface area (Å²) >= 11 is 0. The Morgan fingerprint density at radius 3 is 2.57 bits per heavy atom. The molecule has 0 saturated heterocycles. The van der Waals surface area contributed by atoms with Gasteiger partial charge in [0, 0.05) is 6.54 Å². The molecule has 0 fully saturated rings. The standard InChI is InChI=1S/C29H36N2O4/c1-5-30(6-2)16-10-17-31-26(21-11-9-12-22(19-21)34-18-15-20(3)4)25-27(32)23-13-7-8-14-24(23)35-28(25)29(31)33/h7-9,11-14,19-20,26H,5-6,10,15-18H2,1-4H3. The number of rotatable bonds is 11. The molecule has 4 rings (SSSR count). The van der Waals surface area contributed by atoms with E-state index in [0.29, 0.717) is 35.6 Å². The Balaban J connectivity index is 1.72. The highest BCUT2D eigenvalue weighted by Crippen LogP contribution is 2.39. The second kappa shape index (κ2) is 11.1. The SMILES string of the molecule is CCN(CC)CCCN1C(=O)c2oc3ccccc3c(=O)c2C1c1cccc(OCCC(C)C)c1. The Morgan fingerprint density at radius 1 is 1.06 bits per heavy atom. The molecular weight excluding hydrogens is 440 g/mol. The number of nitrogens with zero attached hydrogens (tertiary/aromatic N) is 2. The maximum absolute atomic E-state index is 13.6. The largest absolute Gasteiger partial charge is 0.494 e. The van der Waals surface area contributed by atoms with E-state index in [0.717, 1.165) is 43.8 Å². The lowest BCUT2D eigenvalue weighted by Gasteiger charge is -2.27. The highest BCUT2D eigenvalue weighted by Gasteiger charge is 2.42. The third-order valence-corrected chi connectivity index (χ3v) is 6.78. The van der Waals surface area contributed by atoms with Gasteiger partial charge in [0.15, 0.2) is 5.43 Å². The van der Waals surface area contributed by atoms with Crippen LogP contribution >= 0.6 is 0 Å². The molecule has 0 saturated carbocycles. The van der Waals surface area contributed by atoms with Crippen molar-refractivity contribution < 1.29 is 13.9 Å². The van der Waals surface area contributed by atoms with Gasteiger partial charge < -0.3 is 19.0 Å². The van der Waals surface area contributed by atoms with Crippen LogP contribution in [0, 0.1) is 5.92 Å². The van der Waals surface area contributed by atoms with E-state index in [2.05, 4.69) is 32.6 Å². The summed E-state index contributed by atoms with van der Waals surface area (Å²) in [5.41, 5.74) is 1.59. The number of amides is 1. The fourth-order valence-electron chi connectivity index (χ4n) is 4.74. The number of ether oxygens (including phenoxy) is 1. The predicted octanol–water partition coefficient (Wildman–Crippen LogP) is 5.50. The minimum atomic E-state index is -0.497. The number of benzene rings is 2. The lowest BCUT2D eigenvalue weighted by molar-refractivity contribution is 0.0720. The van der Waals surface area contributed by atoms with Crippen LogP contribution in [0.3, 0.4) is 0 Å². The van der Waals surface area contributed by atoms with E-state index in [4.69, 9.17) is 9.15 Å². The molecule has 1 aromatic heterocycles. The molecule has 0 N–H and O–H groups in total. The lowest BCUT2D eigenvalue weighted by Crippen LogP contribution is -2.33. The Labute approximate surface area is 207 Å². The van der Waals surface area contributed by atoms with E-state index >= 15 is 0 Å². The molecule has 6 heteroatoms. The smallest absolute Gasteiger partial charge is 0.290 e. The molecule has 1 amide bonds. The first-order valence-corrected chi connectivity index (χ1v) is 12.8. The summed E-state index contributed by atoms with van der Waals surface area (Å²) in [5.74, 6) is 1.24. The van der Waals surface area contributed by atoms with Gasteiger partial charge in [-0.1, -0.05) is 52.0 Å². The highest BCUT2D eigenvalue weighted by atomic mass is 16.5. The topological polar surface area (TPSA) is 63.0 Å². The average Bonchev–Trinajstić information content (AvgIpc) is 3.14. The Kier molecular flexibility index (Phi) is 7.91. The van der Waals surface area contributed by atoms with Crippen LogP contribution in [0.15, 0.2) is 57.7 Å². The van der Waals surface area contributed by atoms with Crippen LogP contribution in [0.1, 0.15) is 68.3 Å². The highest BCUT2D eigenvalue weighted by molar-refractivity contribution is 5.99. The molecule has 0 radical (unpaired) electrons. The van der Waals surface area contributed by atoms with Gasteiger partial charge in [0.25, 0.3) is 5.91 Å². The first kappa shape index (κ1) is 25.0. The van der Waals surface area contributed by atoms with Crippen molar-refractivity contribution >= 4 is 16.9 Å². The van der Waals surface area contributed by atoms with E-state index < -0.39 is 6.04 Å². The fourth-order valence-corrected chi connectivity index (χ4v) is 4.74. The van der Waals surface area contributed by atoms with Crippen molar-refractivity contribution in [2.75, 3.05) is 32.8 Å². The van der Waals surface area contributed by atoms with Crippen molar-refractivity contribution in [3.05, 3.63) is 75.6 Å². The van der Waals surface area contributed by atoms with Gasteiger partial charge >= 0.3 is 0 Å². The van der Waals surface area contributed by atoms with Crippen LogP contribution in [0.25, 0.3) is 11.0 Å². The van der Waals surface area contributed by atoms with E-state index in [1.54, 1.807) is 17.0 Å². The first-order valence-electron chi connectivity index (χ1n) is 12.8. The summed E-state index contributed by atoms with van der Waals surface area (Å²) in [6.07, 6.45) is 1.78. The molecule has 2 heterocycles. The summed E-state index contributed by atoms with van der Waals surface area (Å²) in [6, 6.07) is 14.4. The Bertz CT molecular complexity index is 1230. The molecule has 6 nitrogen and oxygen atoms in total. The quantitative estimate of drug-likeness (QED) is 0.366. The molecule has 0 spiro atoms. The molecule has 1 aliphatic rings. The summed E-state index contributed by atoms with van der Waals surface area (Å²) in [5, 5.41) is 0.498. The van der Waals surface area contributed by atoms with Crippen LogP contribution in [0.2, 0.25) is 0 Å². The fraction of sp³-hybridized carbons (Fsp3) is 0.448. The summed E-state index contributed by atoms with van der Waals surface area (Å²) in [6.45, 7) is 12.6. The number of carbonyl (C=O) groups is 1. The van der Waals surface area contributed by atoms with Crippen LogP contribution in [-0.4, -0.2) is 48.5 Å². The second-order valence-electron chi connectivity index (χ2n) is 9.56. The van der Waals surface area contributed by atoms with Gasteiger partial charge in [-0.25, -0.2) is 0 Å². The van der Waals surface area contributed by atoms with Gasteiger partial charge in [0.1, 0.15) is 11.3 Å². The zero-order valence-corrected chi connectivity index (χ0v) is 21.3. The van der Waals surface area contributed by atoms with Gasteiger partial charge in [0.05, 0.1) is 23.6 Å². The number of carbonyl (C=O) groups excluding carboxylic acids is 1. The number of hydrogen-bond donors (Lipinski definition) is 0. The van der Waals surface area contributed by atoms with Crippen LogP contribution < -0.4 is 10.2 Å². The van der Waals surface area contributed by atoms with Gasteiger partial charge in [-0.2, -0.15) is 0 Å². The summed E-state index contributed by atoms with van der Waals surface area (Å²) < 4.78 is 12.0. The minimum Gasteiger partial charge on any atom is -0.494 e. The van der Waals surface area contributed by atoms with E-state index in [-0.39, 0.29) is 17.1 Å². The maximum atomic E-state index is 13.6. The zero-order valence-electron chi connectivity index (χ0n) is 21.3. The second-order valence-corrected chi connectivity index (χ2v) is 9.56. The van der Waals surface area contributed by atoms with E-state index in [1.165, 1.54) is 0 Å². The number of hydrogen-bond acceptors (Lipinski definition) is 5. The molecule has 0 aliphatic carbocycles. The minimum absolute atomic E-state index is 0.141. The van der Waals surface area contributed by atoms with Crippen molar-refractivity contribution in [3.8, 4) is 5.75 Å². The van der Waals surface area contributed by atoms with E-state index in [1.807, 2.05) is 36.4 Å². The van der Waals surface area contributed by atoms with Gasteiger partial charge in [-0.05, 0) is 68.2 Å². The molecule has 0 bridgehead atoms. The molecule has 3 aromatic rings. The van der Waals surface area contributed by atoms with Crippen molar-refractivity contribution in [1.82, 2.24) is 9.80 Å². The maximum Gasteiger partial charge on any atom is 0.290 e. The van der Waals surface area contributed by atoms with Gasteiger partial charge in [-0.15, -0.1) is 0 Å². The summed E-state index contributed by atoms with van der Waals surface area (Å²) in [4.78, 5) is 31.3. The third-order valence-electron chi connectivity index (χ3n) is 6.78. The molecule has 1 unspecified atom stereocenters. The molecular formula is C29H36N2O4. The van der Waals surface area contributed by atoms with Crippen LogP contribution in [0.4, 0.5) is 0 Å². The van der Waals surface area contributed by atoms with Crippen molar-refractivity contribution in [2.24, 2.45) is 5.92 Å². The van der Waals surface area contributed by atoms with Crippen molar-refractivity contribution in [2.45, 2.75) is 46.6 Å². The lowest BCUT2D eigenvalue weighted by atomic mass is 9.98. The van der Waals surface area contributed by atoms with Crippen LogP contribution in [0.5, 0.6) is 5.75 Å². The average molecular weight is 477 g/mol. The summed E-state index contributed by atoms with van der Waals surface area (Å²) in [7, 11) is 0. The van der Waals surface area contributed by atoms with Crippen molar-refractivity contribution in [1.29, 1.82) is 0 Å². The molecule has 1 aliphatic heterocycles. The van der Waals surface area contributed by atoms with Crippen molar-refractivity contribution in [3.63, 3.8) is 0 Å². The molecule has 2 aromatic carbocycles. The number of fused-ring (bicyclic) bond motifs is 2. The van der Waals surface area contributed by atoms with Crippen LogP contribution in [-0.2, 0) is 0 Å². The Hall–Kier alpha value is -3.12. The Morgan fingerprint density at radius 2 is 1.83 bits per heavy atom. The predicted molar refractivity (Wildman–Crippen MR) is 139 cm³/mol. The first-order chi connectivity index (χ1) is 16.9. The molecule has 1 atom stereocenters. The van der Waals surface area contributed by atoms with E-state index in [9.17, 15) is 9.59 Å². The zero-order chi connectivity index (χ0) is 24.9. The molecule has 35 heavy (non-hydrogen) atoms. The normalized spacial score (nSPS) is 15.4. The number of para-hydroxylation sites is 1.